The van der Waals surface area contributed by atoms with Crippen LogP contribution >= 0.6 is 23.8 Å². The standard InChI is InChI=1S/C15H12ClFN2OS/c1-8-5-6-9(14(18)21)7-12(8)19-15(20)13-10(16)3-2-4-11(13)17/h2-7H,1H3,(H2,18,21)(H,19,20). The minimum Gasteiger partial charge on any atom is -0.389 e. The van der Waals surface area contributed by atoms with Crippen LogP contribution in [0, 0.1) is 12.7 Å². The van der Waals surface area contributed by atoms with Crippen LogP contribution in [0.1, 0.15) is 21.5 Å². The van der Waals surface area contributed by atoms with E-state index in [1.807, 2.05) is 6.92 Å². The van der Waals surface area contributed by atoms with Gasteiger partial charge in [0.2, 0.25) is 0 Å². The topological polar surface area (TPSA) is 55.1 Å². The first-order valence-electron chi connectivity index (χ1n) is 6.06. The Kier molecular flexibility index (Phi) is 4.55. The highest BCUT2D eigenvalue weighted by Crippen LogP contribution is 2.22. The zero-order valence-corrected chi connectivity index (χ0v) is 12.7. The second-order valence-electron chi connectivity index (χ2n) is 4.44. The molecule has 0 unspecified atom stereocenters. The summed E-state index contributed by atoms with van der Waals surface area (Å²) < 4.78 is 13.7. The largest absolute Gasteiger partial charge is 0.389 e. The van der Waals surface area contributed by atoms with Crippen molar-refractivity contribution in [2.75, 3.05) is 5.32 Å². The molecule has 2 aromatic rings. The van der Waals surface area contributed by atoms with E-state index in [2.05, 4.69) is 5.32 Å². The van der Waals surface area contributed by atoms with Gasteiger partial charge in [-0.2, -0.15) is 0 Å². The lowest BCUT2D eigenvalue weighted by Gasteiger charge is -2.11. The fourth-order valence-electron chi connectivity index (χ4n) is 1.81. The number of amides is 1. The Morgan fingerprint density at radius 3 is 2.67 bits per heavy atom. The van der Waals surface area contributed by atoms with E-state index < -0.39 is 11.7 Å². The molecule has 0 saturated carbocycles. The summed E-state index contributed by atoms with van der Waals surface area (Å²) in [4.78, 5) is 12.4. The van der Waals surface area contributed by atoms with Crippen LogP contribution < -0.4 is 11.1 Å². The maximum atomic E-state index is 13.7. The van der Waals surface area contributed by atoms with Gasteiger partial charge in [-0.05, 0) is 30.7 Å². The second kappa shape index (κ2) is 6.20. The molecule has 3 nitrogen and oxygen atoms in total. The third-order valence-electron chi connectivity index (χ3n) is 2.96. The van der Waals surface area contributed by atoms with Gasteiger partial charge in [-0.1, -0.05) is 42.0 Å². The summed E-state index contributed by atoms with van der Waals surface area (Å²) in [5.74, 6) is -1.30. The van der Waals surface area contributed by atoms with E-state index in [9.17, 15) is 9.18 Å². The number of aryl methyl sites for hydroxylation is 1. The lowest BCUT2D eigenvalue weighted by atomic mass is 10.1. The number of hydrogen-bond acceptors (Lipinski definition) is 2. The smallest absolute Gasteiger partial charge is 0.260 e. The molecule has 1 amide bonds. The van der Waals surface area contributed by atoms with Crippen LogP contribution in [-0.2, 0) is 0 Å². The van der Waals surface area contributed by atoms with Crippen LogP contribution in [0.25, 0.3) is 0 Å². The van der Waals surface area contributed by atoms with Gasteiger partial charge in [0.15, 0.2) is 0 Å². The average Bonchev–Trinajstić information content (AvgIpc) is 2.40. The molecule has 0 bridgehead atoms. The van der Waals surface area contributed by atoms with Crippen LogP contribution in [-0.4, -0.2) is 10.9 Å². The molecule has 0 saturated heterocycles. The Morgan fingerprint density at radius 2 is 2.05 bits per heavy atom. The lowest BCUT2D eigenvalue weighted by molar-refractivity contribution is 0.102. The van der Waals surface area contributed by atoms with Crippen molar-refractivity contribution in [2.45, 2.75) is 6.92 Å². The van der Waals surface area contributed by atoms with Crippen molar-refractivity contribution in [1.82, 2.24) is 0 Å². The van der Waals surface area contributed by atoms with E-state index in [-0.39, 0.29) is 15.6 Å². The molecule has 0 heterocycles. The minimum absolute atomic E-state index is 0.0515. The first-order chi connectivity index (χ1) is 9.90. The van der Waals surface area contributed by atoms with Gasteiger partial charge in [0, 0.05) is 11.3 Å². The number of benzene rings is 2. The van der Waals surface area contributed by atoms with Crippen LogP contribution in [0.2, 0.25) is 5.02 Å². The second-order valence-corrected chi connectivity index (χ2v) is 5.29. The molecule has 6 heteroatoms. The van der Waals surface area contributed by atoms with E-state index in [0.29, 0.717) is 11.3 Å². The molecule has 0 radical (unpaired) electrons. The summed E-state index contributed by atoms with van der Waals surface area (Å²) in [7, 11) is 0. The van der Waals surface area contributed by atoms with E-state index >= 15 is 0 Å². The molecule has 3 N–H and O–H groups in total. The summed E-state index contributed by atoms with van der Waals surface area (Å²) in [6.07, 6.45) is 0. The summed E-state index contributed by atoms with van der Waals surface area (Å²) >= 11 is 10.8. The number of nitrogens with one attached hydrogen (secondary N) is 1. The first-order valence-corrected chi connectivity index (χ1v) is 6.84. The van der Waals surface area contributed by atoms with Gasteiger partial charge in [-0.3, -0.25) is 4.79 Å². The third kappa shape index (κ3) is 3.37. The normalized spacial score (nSPS) is 10.2. The molecule has 0 atom stereocenters. The average molecular weight is 323 g/mol. The first kappa shape index (κ1) is 15.4. The van der Waals surface area contributed by atoms with Crippen LogP contribution in [0.5, 0.6) is 0 Å². The number of halogens is 2. The van der Waals surface area contributed by atoms with Gasteiger partial charge in [-0.25, -0.2) is 4.39 Å². The van der Waals surface area contributed by atoms with Crippen LogP contribution in [0.4, 0.5) is 10.1 Å². The van der Waals surface area contributed by atoms with Crippen molar-refractivity contribution in [3.63, 3.8) is 0 Å². The molecular formula is C15H12ClFN2OS. The van der Waals surface area contributed by atoms with E-state index in [4.69, 9.17) is 29.6 Å². The van der Waals surface area contributed by atoms with Crippen molar-refractivity contribution in [1.29, 1.82) is 0 Å². The van der Waals surface area contributed by atoms with Gasteiger partial charge < -0.3 is 11.1 Å². The number of nitrogens with two attached hydrogens (primary N) is 1. The van der Waals surface area contributed by atoms with Gasteiger partial charge in [0.05, 0.1) is 10.6 Å². The van der Waals surface area contributed by atoms with E-state index in [1.165, 1.54) is 18.2 Å². The van der Waals surface area contributed by atoms with Gasteiger partial charge in [0.25, 0.3) is 5.91 Å². The van der Waals surface area contributed by atoms with Crippen LogP contribution in [0.15, 0.2) is 36.4 Å². The number of carbonyl (C=O) groups excluding carboxylic acids is 1. The van der Waals surface area contributed by atoms with E-state index in [0.717, 1.165) is 5.56 Å². The molecule has 2 rings (SSSR count). The van der Waals surface area contributed by atoms with Crippen molar-refractivity contribution in [3.05, 3.63) is 63.9 Å². The number of anilines is 1. The quantitative estimate of drug-likeness (QED) is 0.848. The number of thiocarbonyl (C=S) groups is 1. The van der Waals surface area contributed by atoms with Crippen molar-refractivity contribution in [2.24, 2.45) is 5.73 Å². The highest BCUT2D eigenvalue weighted by molar-refractivity contribution is 7.80. The van der Waals surface area contributed by atoms with Gasteiger partial charge in [0.1, 0.15) is 10.8 Å². The van der Waals surface area contributed by atoms with Crippen molar-refractivity contribution in [3.8, 4) is 0 Å². The molecule has 0 aliphatic rings. The zero-order valence-electron chi connectivity index (χ0n) is 11.1. The summed E-state index contributed by atoms with van der Waals surface area (Å²) in [6.45, 7) is 1.81. The maximum Gasteiger partial charge on any atom is 0.260 e. The molecule has 2 aromatic carbocycles. The maximum absolute atomic E-state index is 13.7. The molecule has 0 aliphatic heterocycles. The highest BCUT2D eigenvalue weighted by atomic mass is 35.5. The molecule has 0 aliphatic carbocycles. The summed E-state index contributed by atoms with van der Waals surface area (Å²) in [5, 5.41) is 2.68. The minimum atomic E-state index is -0.678. The monoisotopic (exact) mass is 322 g/mol. The Bertz CT molecular complexity index is 713. The molecule has 108 valence electrons. The van der Waals surface area contributed by atoms with E-state index in [1.54, 1.807) is 18.2 Å². The lowest BCUT2D eigenvalue weighted by Crippen LogP contribution is -2.16. The van der Waals surface area contributed by atoms with Crippen molar-refractivity contribution < 1.29 is 9.18 Å². The molecule has 0 fully saturated rings. The molecule has 21 heavy (non-hydrogen) atoms. The predicted octanol–water partition coefficient (Wildman–Crippen LogP) is 3.67. The number of hydrogen-bond donors (Lipinski definition) is 2. The third-order valence-corrected chi connectivity index (χ3v) is 3.51. The number of carbonyl (C=O) groups is 1. The predicted molar refractivity (Wildman–Crippen MR) is 86.4 cm³/mol. The molecule has 0 spiro atoms. The van der Waals surface area contributed by atoms with Crippen LogP contribution in [0.3, 0.4) is 0 Å². The zero-order chi connectivity index (χ0) is 15.6. The summed E-state index contributed by atoms with van der Waals surface area (Å²) in [5.41, 5.74) is 7.29. The summed E-state index contributed by atoms with van der Waals surface area (Å²) in [6, 6.07) is 9.24. The van der Waals surface area contributed by atoms with Gasteiger partial charge >= 0.3 is 0 Å². The van der Waals surface area contributed by atoms with Crippen molar-refractivity contribution >= 4 is 40.4 Å². The highest BCUT2D eigenvalue weighted by Gasteiger charge is 2.16. The fraction of sp³-hybridized carbons (Fsp3) is 0.0667. The molecule has 0 aromatic heterocycles. The SMILES string of the molecule is Cc1ccc(C(N)=S)cc1NC(=O)c1c(F)cccc1Cl. The van der Waals surface area contributed by atoms with Gasteiger partial charge in [-0.15, -0.1) is 0 Å². The Labute approximate surface area is 131 Å². The molecular weight excluding hydrogens is 311 g/mol. The Hall–Kier alpha value is -1.98. The Morgan fingerprint density at radius 1 is 1.33 bits per heavy atom. The Balaban J connectivity index is 2.36. The number of rotatable bonds is 3. The fourth-order valence-corrected chi connectivity index (χ4v) is 2.19.